The van der Waals surface area contributed by atoms with Crippen molar-refractivity contribution < 1.29 is 9.90 Å². The number of benzene rings is 2. The van der Waals surface area contributed by atoms with Crippen molar-refractivity contribution in [1.82, 2.24) is 9.97 Å². The Morgan fingerprint density at radius 1 is 1.03 bits per heavy atom. The summed E-state index contributed by atoms with van der Waals surface area (Å²) in [5, 5.41) is 13.9. The predicted octanol–water partition coefficient (Wildman–Crippen LogP) is 4.95. The van der Waals surface area contributed by atoms with Gasteiger partial charge >= 0.3 is 5.97 Å². The van der Waals surface area contributed by atoms with Gasteiger partial charge < -0.3 is 10.4 Å². The molecule has 4 aromatic rings. The Morgan fingerprint density at radius 3 is 2.33 bits per heavy atom. The van der Waals surface area contributed by atoms with Crippen molar-refractivity contribution in [2.45, 2.75) is 32.2 Å². The quantitative estimate of drug-likeness (QED) is 0.424. The first-order chi connectivity index (χ1) is 14.6. The van der Waals surface area contributed by atoms with Crippen LogP contribution in [0.15, 0.2) is 66.7 Å². The maximum absolute atomic E-state index is 12.0. The van der Waals surface area contributed by atoms with Crippen LogP contribution in [0.1, 0.15) is 28.8 Å². The number of anilines is 1. The molecule has 1 atom stereocenters. The number of nitrogens with one attached hydrogen (secondary N) is 1. The molecule has 1 unspecified atom stereocenters. The van der Waals surface area contributed by atoms with Crippen molar-refractivity contribution in [3.8, 4) is 0 Å². The van der Waals surface area contributed by atoms with Crippen molar-refractivity contribution in [2.75, 3.05) is 5.32 Å². The van der Waals surface area contributed by atoms with Crippen LogP contribution < -0.4 is 5.32 Å². The molecule has 0 aliphatic heterocycles. The van der Waals surface area contributed by atoms with E-state index < -0.39 is 12.0 Å². The number of hydrogen-bond acceptors (Lipinski definition) is 5. The minimum Gasteiger partial charge on any atom is -0.480 e. The van der Waals surface area contributed by atoms with Crippen LogP contribution in [0, 0.1) is 0 Å². The van der Waals surface area contributed by atoms with Gasteiger partial charge in [-0.1, -0.05) is 67.6 Å². The molecule has 2 N–H and O–H groups in total. The molecular formula is C24H23N3O2S. The molecule has 5 nitrogen and oxygen atoms in total. The predicted molar refractivity (Wildman–Crippen MR) is 121 cm³/mol. The lowest BCUT2D eigenvalue weighted by molar-refractivity contribution is -0.137. The average Bonchev–Trinajstić information content (AvgIpc) is 3.18. The molecule has 0 saturated heterocycles. The number of thiophene rings is 1. The van der Waals surface area contributed by atoms with E-state index in [2.05, 4.69) is 18.3 Å². The summed E-state index contributed by atoms with van der Waals surface area (Å²) >= 11 is 1.64. The van der Waals surface area contributed by atoms with Gasteiger partial charge in [-0.2, -0.15) is 0 Å². The third-order valence-corrected chi connectivity index (χ3v) is 6.11. The third kappa shape index (κ3) is 4.66. The van der Waals surface area contributed by atoms with Gasteiger partial charge in [-0.3, -0.25) is 0 Å². The topological polar surface area (TPSA) is 75.1 Å². The van der Waals surface area contributed by atoms with Gasteiger partial charge in [0.15, 0.2) is 0 Å². The Hall–Kier alpha value is -3.25. The zero-order chi connectivity index (χ0) is 20.9. The number of carboxylic acid groups (broad SMARTS) is 1. The summed E-state index contributed by atoms with van der Waals surface area (Å²) in [6.07, 6.45) is 1.88. The Morgan fingerprint density at radius 2 is 1.70 bits per heavy atom. The molecule has 6 heteroatoms. The molecule has 4 rings (SSSR count). The molecule has 0 aliphatic rings. The van der Waals surface area contributed by atoms with Crippen molar-refractivity contribution in [3.63, 3.8) is 0 Å². The summed E-state index contributed by atoms with van der Waals surface area (Å²) < 4.78 is 0. The van der Waals surface area contributed by atoms with E-state index in [1.807, 2.05) is 60.7 Å². The molecule has 0 amide bonds. The summed E-state index contributed by atoms with van der Waals surface area (Å²) in [4.78, 5) is 23.6. The summed E-state index contributed by atoms with van der Waals surface area (Å²) in [6.45, 7) is 2.10. The molecule has 0 saturated carbocycles. The summed E-state index contributed by atoms with van der Waals surface area (Å²) in [5.74, 6) is 0.371. The van der Waals surface area contributed by atoms with Crippen molar-refractivity contribution in [1.29, 1.82) is 0 Å². The van der Waals surface area contributed by atoms with E-state index in [0.29, 0.717) is 24.5 Å². The number of aliphatic carboxylic acids is 1. The maximum Gasteiger partial charge on any atom is 0.326 e. The fourth-order valence-corrected chi connectivity index (χ4v) is 4.36. The van der Waals surface area contributed by atoms with Crippen LogP contribution in [0.25, 0.3) is 10.2 Å². The molecule has 2 aromatic carbocycles. The molecule has 0 radical (unpaired) electrons. The van der Waals surface area contributed by atoms with Gasteiger partial charge in [-0.05, 0) is 23.6 Å². The Kier molecular flexibility index (Phi) is 6.05. The number of aromatic nitrogens is 2. The fraction of sp³-hybridized carbons (Fsp3) is 0.208. The second kappa shape index (κ2) is 9.05. The molecule has 2 heterocycles. The standard InChI is InChI=1S/C24H23N3O2S/c1-2-18-15-19-22(25-20(24(28)29)13-16-9-5-3-6-10-16)26-21(27-23(19)30-18)14-17-11-7-4-8-12-17/h3-12,15,20H,2,13-14H2,1H3,(H,28,29)(H,25,26,27). The fourth-order valence-electron chi connectivity index (χ4n) is 3.37. The van der Waals surface area contributed by atoms with E-state index in [-0.39, 0.29) is 0 Å². The van der Waals surface area contributed by atoms with Gasteiger partial charge in [0.25, 0.3) is 0 Å². The number of hydrogen-bond donors (Lipinski definition) is 2. The zero-order valence-electron chi connectivity index (χ0n) is 16.7. The van der Waals surface area contributed by atoms with Gasteiger partial charge in [0, 0.05) is 17.7 Å². The minimum absolute atomic E-state index is 0.375. The van der Waals surface area contributed by atoms with Gasteiger partial charge in [-0.15, -0.1) is 11.3 Å². The van der Waals surface area contributed by atoms with Crippen molar-refractivity contribution in [3.05, 3.63) is 88.6 Å². The largest absolute Gasteiger partial charge is 0.480 e. The van der Waals surface area contributed by atoms with E-state index in [1.54, 1.807) is 11.3 Å². The van der Waals surface area contributed by atoms with E-state index >= 15 is 0 Å². The third-order valence-electron chi connectivity index (χ3n) is 4.94. The first-order valence-corrected chi connectivity index (χ1v) is 10.8. The highest BCUT2D eigenvalue weighted by Crippen LogP contribution is 2.30. The van der Waals surface area contributed by atoms with Crippen LogP contribution in [0.2, 0.25) is 0 Å². The van der Waals surface area contributed by atoms with Gasteiger partial charge in [0.1, 0.15) is 22.5 Å². The molecular weight excluding hydrogens is 394 g/mol. The van der Waals surface area contributed by atoms with E-state index in [1.165, 1.54) is 4.88 Å². The van der Waals surface area contributed by atoms with Crippen LogP contribution in [0.3, 0.4) is 0 Å². The molecule has 0 aliphatic carbocycles. The van der Waals surface area contributed by atoms with E-state index in [0.717, 1.165) is 27.8 Å². The minimum atomic E-state index is -0.902. The smallest absolute Gasteiger partial charge is 0.326 e. The molecule has 0 fully saturated rings. The summed E-state index contributed by atoms with van der Waals surface area (Å²) in [6, 6.07) is 21.0. The lowest BCUT2D eigenvalue weighted by Crippen LogP contribution is -2.32. The molecule has 0 bridgehead atoms. The maximum atomic E-state index is 12.0. The normalized spacial score (nSPS) is 12.0. The van der Waals surface area contributed by atoms with Gasteiger partial charge in [0.05, 0.1) is 5.39 Å². The van der Waals surface area contributed by atoms with Crippen LogP contribution in [-0.4, -0.2) is 27.1 Å². The number of carboxylic acids is 1. The summed E-state index contributed by atoms with van der Waals surface area (Å²) in [5.41, 5.74) is 2.08. The first kappa shape index (κ1) is 20.0. The Balaban J connectivity index is 1.69. The number of fused-ring (bicyclic) bond motifs is 1. The Labute approximate surface area is 179 Å². The monoisotopic (exact) mass is 417 g/mol. The van der Waals surface area contributed by atoms with Gasteiger partial charge in [-0.25, -0.2) is 14.8 Å². The first-order valence-electron chi connectivity index (χ1n) is 9.99. The highest BCUT2D eigenvalue weighted by molar-refractivity contribution is 7.18. The highest BCUT2D eigenvalue weighted by Gasteiger charge is 2.21. The zero-order valence-corrected chi connectivity index (χ0v) is 17.5. The van der Waals surface area contributed by atoms with Crippen LogP contribution in [0.4, 0.5) is 5.82 Å². The lowest BCUT2D eigenvalue weighted by Gasteiger charge is -2.16. The van der Waals surface area contributed by atoms with Gasteiger partial charge in [0.2, 0.25) is 0 Å². The molecule has 2 aromatic heterocycles. The van der Waals surface area contributed by atoms with Crippen molar-refractivity contribution >= 4 is 33.3 Å². The Bertz CT molecular complexity index is 1140. The van der Waals surface area contributed by atoms with E-state index in [9.17, 15) is 9.90 Å². The second-order valence-corrected chi connectivity index (χ2v) is 8.28. The van der Waals surface area contributed by atoms with Crippen LogP contribution in [-0.2, 0) is 24.1 Å². The van der Waals surface area contributed by atoms with Crippen LogP contribution >= 0.6 is 11.3 Å². The second-order valence-electron chi connectivity index (χ2n) is 7.16. The van der Waals surface area contributed by atoms with E-state index in [4.69, 9.17) is 9.97 Å². The molecule has 0 spiro atoms. The number of carbonyl (C=O) groups is 1. The lowest BCUT2D eigenvalue weighted by atomic mass is 10.1. The summed E-state index contributed by atoms with van der Waals surface area (Å²) in [7, 11) is 0. The van der Waals surface area contributed by atoms with Crippen molar-refractivity contribution in [2.24, 2.45) is 0 Å². The highest BCUT2D eigenvalue weighted by atomic mass is 32.1. The SMILES string of the molecule is CCc1cc2c(NC(Cc3ccccc3)C(=O)O)nc(Cc3ccccc3)nc2s1. The number of nitrogens with zero attached hydrogens (tertiary/aromatic N) is 2. The number of aryl methyl sites for hydroxylation is 1. The number of rotatable bonds is 8. The molecule has 30 heavy (non-hydrogen) atoms. The molecule has 152 valence electrons. The van der Waals surface area contributed by atoms with Crippen LogP contribution in [0.5, 0.6) is 0 Å². The average molecular weight is 418 g/mol.